The molecule has 1 aromatic heterocycles. The molecule has 0 aliphatic rings. The van der Waals surface area contributed by atoms with Crippen LogP contribution in [0, 0.1) is 4.77 Å². The van der Waals surface area contributed by atoms with E-state index in [0.29, 0.717) is 16.2 Å². The third kappa shape index (κ3) is 4.03. The SMILES string of the molecule is CCCCc1n[nH]c(=S)n1/N=C\c1ccc(C(F)(F)F)cc1. The van der Waals surface area contributed by atoms with Gasteiger partial charge in [0.15, 0.2) is 5.82 Å². The van der Waals surface area contributed by atoms with E-state index in [2.05, 4.69) is 22.2 Å². The Morgan fingerprint density at radius 1 is 1.32 bits per heavy atom. The van der Waals surface area contributed by atoms with Crippen LogP contribution in [0.4, 0.5) is 13.2 Å². The molecule has 0 aliphatic carbocycles. The highest BCUT2D eigenvalue weighted by molar-refractivity contribution is 7.71. The van der Waals surface area contributed by atoms with E-state index in [-0.39, 0.29) is 0 Å². The molecule has 0 saturated heterocycles. The largest absolute Gasteiger partial charge is 0.416 e. The van der Waals surface area contributed by atoms with E-state index in [1.54, 1.807) is 0 Å². The minimum atomic E-state index is -4.34. The number of hydrogen-bond acceptors (Lipinski definition) is 3. The molecule has 22 heavy (non-hydrogen) atoms. The van der Waals surface area contributed by atoms with E-state index in [9.17, 15) is 13.2 Å². The highest BCUT2D eigenvalue weighted by Gasteiger charge is 2.29. The predicted octanol–water partition coefficient (Wildman–Crippen LogP) is 4.18. The molecule has 2 rings (SSSR count). The van der Waals surface area contributed by atoms with Gasteiger partial charge in [0.2, 0.25) is 4.77 Å². The lowest BCUT2D eigenvalue weighted by Crippen LogP contribution is -2.04. The van der Waals surface area contributed by atoms with Crippen molar-refractivity contribution in [1.82, 2.24) is 14.9 Å². The number of aryl methyl sites for hydroxylation is 1. The van der Waals surface area contributed by atoms with Crippen molar-refractivity contribution in [2.24, 2.45) is 5.10 Å². The van der Waals surface area contributed by atoms with Gasteiger partial charge in [-0.3, -0.25) is 5.10 Å². The van der Waals surface area contributed by atoms with Gasteiger partial charge in [-0.1, -0.05) is 25.5 Å². The number of aromatic nitrogens is 3. The smallest absolute Gasteiger partial charge is 0.250 e. The van der Waals surface area contributed by atoms with Crippen LogP contribution >= 0.6 is 12.2 Å². The molecule has 1 N–H and O–H groups in total. The molecule has 0 saturated carbocycles. The summed E-state index contributed by atoms with van der Waals surface area (Å²) in [6.07, 6.45) is -0.178. The van der Waals surface area contributed by atoms with E-state index in [1.165, 1.54) is 23.0 Å². The average molecular weight is 328 g/mol. The van der Waals surface area contributed by atoms with Crippen LogP contribution < -0.4 is 0 Å². The predicted molar refractivity (Wildman–Crippen MR) is 80.5 cm³/mol. The first-order valence-corrected chi connectivity index (χ1v) is 7.20. The summed E-state index contributed by atoms with van der Waals surface area (Å²) in [7, 11) is 0. The molecule has 118 valence electrons. The van der Waals surface area contributed by atoms with Crippen LogP contribution in [0.5, 0.6) is 0 Å². The number of unbranched alkanes of at least 4 members (excludes halogenated alkanes) is 1. The summed E-state index contributed by atoms with van der Waals surface area (Å²) in [4.78, 5) is 0. The Bertz CT molecular complexity index is 698. The van der Waals surface area contributed by atoms with Gasteiger partial charge < -0.3 is 0 Å². The lowest BCUT2D eigenvalue weighted by Gasteiger charge is -2.05. The van der Waals surface area contributed by atoms with Crippen molar-refractivity contribution in [3.8, 4) is 0 Å². The molecule has 2 aromatic rings. The zero-order chi connectivity index (χ0) is 16.2. The number of aromatic amines is 1. The van der Waals surface area contributed by atoms with Crippen molar-refractivity contribution in [2.45, 2.75) is 32.4 Å². The molecule has 0 bridgehead atoms. The highest BCUT2D eigenvalue weighted by Crippen LogP contribution is 2.28. The van der Waals surface area contributed by atoms with Crippen molar-refractivity contribution in [1.29, 1.82) is 0 Å². The summed E-state index contributed by atoms with van der Waals surface area (Å²) < 4.78 is 39.3. The van der Waals surface area contributed by atoms with Gasteiger partial charge in [-0.2, -0.15) is 28.0 Å². The van der Waals surface area contributed by atoms with Crippen LogP contribution in [0.15, 0.2) is 29.4 Å². The minimum absolute atomic E-state index is 0.356. The topological polar surface area (TPSA) is 46.0 Å². The van der Waals surface area contributed by atoms with Gasteiger partial charge in [0, 0.05) is 6.42 Å². The van der Waals surface area contributed by atoms with E-state index < -0.39 is 11.7 Å². The molecule has 1 heterocycles. The van der Waals surface area contributed by atoms with E-state index >= 15 is 0 Å². The third-order valence-corrected chi connectivity index (χ3v) is 3.30. The molecule has 0 amide bonds. The second-order valence-electron chi connectivity index (χ2n) is 4.72. The van der Waals surface area contributed by atoms with Gasteiger partial charge in [-0.15, -0.1) is 0 Å². The normalized spacial score (nSPS) is 12.2. The number of nitrogens with zero attached hydrogens (tertiary/aromatic N) is 3. The van der Waals surface area contributed by atoms with Crippen molar-refractivity contribution < 1.29 is 13.2 Å². The summed E-state index contributed by atoms with van der Waals surface area (Å²) in [5, 5.41) is 11.0. The third-order valence-electron chi connectivity index (χ3n) is 3.03. The molecule has 0 radical (unpaired) electrons. The summed E-state index contributed by atoms with van der Waals surface area (Å²) in [6, 6.07) is 4.77. The molecule has 0 aliphatic heterocycles. The Balaban J connectivity index is 2.18. The van der Waals surface area contributed by atoms with Crippen LogP contribution in [-0.4, -0.2) is 21.1 Å². The Hall–Kier alpha value is -1.96. The second kappa shape index (κ2) is 6.87. The van der Waals surface area contributed by atoms with E-state index in [0.717, 1.165) is 31.4 Å². The zero-order valence-corrected chi connectivity index (χ0v) is 12.7. The molecule has 0 spiro atoms. The molecular formula is C14H15F3N4S. The van der Waals surface area contributed by atoms with E-state index in [4.69, 9.17) is 12.2 Å². The molecule has 0 atom stereocenters. The molecule has 8 heteroatoms. The molecule has 1 aromatic carbocycles. The summed E-state index contributed by atoms with van der Waals surface area (Å²) >= 11 is 5.09. The number of halogens is 3. The second-order valence-corrected chi connectivity index (χ2v) is 5.11. The van der Waals surface area contributed by atoms with Gasteiger partial charge in [0.05, 0.1) is 11.8 Å². The van der Waals surface area contributed by atoms with Crippen LogP contribution in [0.1, 0.15) is 36.7 Å². The summed E-state index contributed by atoms with van der Waals surface area (Å²) in [6.45, 7) is 2.07. The first-order chi connectivity index (χ1) is 10.4. The Labute approximate surface area is 130 Å². The Morgan fingerprint density at radius 2 is 2.00 bits per heavy atom. The van der Waals surface area contributed by atoms with Crippen LogP contribution in [0.3, 0.4) is 0 Å². The first-order valence-electron chi connectivity index (χ1n) is 6.79. The molecule has 0 unspecified atom stereocenters. The highest BCUT2D eigenvalue weighted by atomic mass is 32.1. The summed E-state index contributed by atoms with van der Waals surface area (Å²) in [5.74, 6) is 0.704. The maximum atomic E-state index is 12.5. The van der Waals surface area contributed by atoms with E-state index in [1.807, 2.05) is 0 Å². The number of nitrogens with one attached hydrogen (secondary N) is 1. The number of benzene rings is 1. The van der Waals surface area contributed by atoms with Crippen molar-refractivity contribution >= 4 is 18.4 Å². The standard InChI is InChI=1S/C14H15F3N4S/c1-2-3-4-12-19-20-13(22)21(12)18-9-10-5-7-11(8-6-10)14(15,16)17/h5-9H,2-4H2,1H3,(H,20,22)/b18-9-. The van der Waals surface area contributed by atoms with Gasteiger partial charge >= 0.3 is 6.18 Å². The number of rotatable bonds is 5. The van der Waals surface area contributed by atoms with Gasteiger partial charge in [0.25, 0.3) is 0 Å². The van der Waals surface area contributed by atoms with Crippen LogP contribution in [0.25, 0.3) is 0 Å². The van der Waals surface area contributed by atoms with Crippen molar-refractivity contribution in [2.75, 3.05) is 0 Å². The minimum Gasteiger partial charge on any atom is -0.250 e. The maximum Gasteiger partial charge on any atom is 0.416 e. The van der Waals surface area contributed by atoms with Crippen molar-refractivity contribution in [3.05, 3.63) is 46.0 Å². The zero-order valence-electron chi connectivity index (χ0n) is 11.9. The maximum absolute atomic E-state index is 12.5. The van der Waals surface area contributed by atoms with Crippen LogP contribution in [0.2, 0.25) is 0 Å². The quantitative estimate of drug-likeness (QED) is 0.661. The Kier molecular flexibility index (Phi) is 5.12. The summed E-state index contributed by atoms with van der Waals surface area (Å²) in [5.41, 5.74) is -0.134. The molecular weight excluding hydrogens is 313 g/mol. The fraction of sp³-hybridized carbons (Fsp3) is 0.357. The van der Waals surface area contributed by atoms with Gasteiger partial charge in [-0.05, 0) is 36.3 Å². The van der Waals surface area contributed by atoms with Gasteiger partial charge in [-0.25, -0.2) is 0 Å². The number of alkyl halides is 3. The number of H-pyrrole nitrogens is 1. The average Bonchev–Trinajstić information content (AvgIpc) is 2.83. The van der Waals surface area contributed by atoms with Crippen LogP contribution in [-0.2, 0) is 12.6 Å². The monoisotopic (exact) mass is 328 g/mol. The fourth-order valence-corrected chi connectivity index (χ4v) is 2.02. The van der Waals surface area contributed by atoms with Crippen molar-refractivity contribution in [3.63, 3.8) is 0 Å². The Morgan fingerprint density at radius 3 is 2.59 bits per heavy atom. The lowest BCUT2D eigenvalue weighted by atomic mass is 10.1. The first kappa shape index (κ1) is 16.4. The molecule has 0 fully saturated rings. The molecule has 4 nitrogen and oxygen atoms in total. The fourth-order valence-electron chi connectivity index (χ4n) is 1.82. The lowest BCUT2D eigenvalue weighted by molar-refractivity contribution is -0.137. The van der Waals surface area contributed by atoms with Gasteiger partial charge in [0.1, 0.15) is 0 Å². The number of hydrogen-bond donors (Lipinski definition) is 1.